The third-order valence-corrected chi connectivity index (χ3v) is 14.3. The number of hydrogen-bond donors (Lipinski definition) is 0. The Hall–Kier alpha value is -3.03. The van der Waals surface area contributed by atoms with Gasteiger partial charge < -0.3 is 4.23 Å². The second kappa shape index (κ2) is 8.38. The van der Waals surface area contributed by atoms with E-state index in [9.17, 15) is 0 Å². The Morgan fingerprint density at radius 2 is 0.900 bits per heavy atom. The molecule has 1 aromatic heterocycles. The molecule has 0 bridgehead atoms. The third kappa shape index (κ3) is 3.62. The highest BCUT2D eigenvalue weighted by Crippen LogP contribution is 2.25. The normalized spacial score (nSPS) is 11.8. The molecule has 0 spiro atoms. The van der Waals surface area contributed by atoms with Gasteiger partial charge in [-0.2, -0.15) is 0 Å². The molecule has 0 aliphatic carbocycles. The summed E-state index contributed by atoms with van der Waals surface area (Å²) in [5.41, 5.74) is 0. The van der Waals surface area contributed by atoms with Crippen molar-refractivity contribution in [3.63, 3.8) is 0 Å². The molecule has 4 rings (SSSR count). The van der Waals surface area contributed by atoms with Gasteiger partial charge in [0.1, 0.15) is 8.24 Å². The van der Waals surface area contributed by atoms with Crippen molar-refractivity contribution in [2.75, 3.05) is 4.23 Å². The number of hydrogen-bond acceptors (Lipinski definition) is 3. The minimum atomic E-state index is -2.66. The largest absolute Gasteiger partial charge is 0.383 e. The van der Waals surface area contributed by atoms with Gasteiger partial charge in [-0.1, -0.05) is 111 Å². The Balaban J connectivity index is 2.17. The van der Waals surface area contributed by atoms with E-state index in [1.807, 2.05) is 18.5 Å². The Labute approximate surface area is 181 Å². The fourth-order valence-corrected chi connectivity index (χ4v) is 14.4. The highest BCUT2D eigenvalue weighted by Gasteiger charge is 2.51. The molecular formula is C25H27N3Si2. The standard InChI is InChI=1S/C25H27N3Si2/c1-29(2,3)28(25-26-20-13-21-27-25)30(22-14-7-4-8-15-22,23-16-9-5-10-17-23)24-18-11-6-12-19-24/h4-21H,1-3H3. The van der Waals surface area contributed by atoms with Crippen LogP contribution in [0.15, 0.2) is 109 Å². The van der Waals surface area contributed by atoms with Gasteiger partial charge in [0.25, 0.3) is 0 Å². The van der Waals surface area contributed by atoms with E-state index < -0.39 is 16.5 Å². The van der Waals surface area contributed by atoms with Crippen LogP contribution in [0.5, 0.6) is 0 Å². The highest BCUT2D eigenvalue weighted by molar-refractivity contribution is 7.20. The van der Waals surface area contributed by atoms with E-state index in [4.69, 9.17) is 9.97 Å². The lowest BCUT2D eigenvalue weighted by atomic mass is 10.3. The molecule has 0 amide bonds. The van der Waals surface area contributed by atoms with Gasteiger partial charge in [-0.05, 0) is 21.6 Å². The maximum Gasteiger partial charge on any atom is 0.247 e. The quantitative estimate of drug-likeness (QED) is 0.348. The van der Waals surface area contributed by atoms with Gasteiger partial charge in [-0.25, -0.2) is 9.97 Å². The highest BCUT2D eigenvalue weighted by atomic mass is 28.4. The van der Waals surface area contributed by atoms with Gasteiger partial charge in [-0.15, -0.1) is 0 Å². The minimum absolute atomic E-state index is 0.819. The maximum absolute atomic E-state index is 4.77. The van der Waals surface area contributed by atoms with Crippen molar-refractivity contribution in [2.24, 2.45) is 0 Å². The predicted octanol–water partition coefficient (Wildman–Crippen LogP) is 3.79. The average Bonchev–Trinajstić information content (AvgIpc) is 2.79. The second-order valence-corrected chi connectivity index (χ2v) is 17.2. The maximum atomic E-state index is 4.77. The zero-order valence-electron chi connectivity index (χ0n) is 17.7. The summed E-state index contributed by atoms with van der Waals surface area (Å²) in [5.74, 6) is 0.819. The Morgan fingerprint density at radius 3 is 1.23 bits per heavy atom. The first-order chi connectivity index (χ1) is 14.5. The number of rotatable bonds is 6. The van der Waals surface area contributed by atoms with E-state index in [1.54, 1.807) is 0 Å². The monoisotopic (exact) mass is 425 g/mol. The number of aromatic nitrogens is 2. The number of anilines is 1. The van der Waals surface area contributed by atoms with E-state index in [0.717, 1.165) is 5.95 Å². The molecule has 30 heavy (non-hydrogen) atoms. The molecule has 0 fully saturated rings. The Kier molecular flexibility index (Phi) is 5.66. The topological polar surface area (TPSA) is 29.0 Å². The summed E-state index contributed by atoms with van der Waals surface area (Å²) >= 11 is 0. The summed E-state index contributed by atoms with van der Waals surface area (Å²) in [6.07, 6.45) is 3.71. The van der Waals surface area contributed by atoms with Gasteiger partial charge in [0.15, 0.2) is 0 Å². The molecule has 0 aliphatic heterocycles. The van der Waals surface area contributed by atoms with E-state index in [0.29, 0.717) is 0 Å². The zero-order chi connectivity index (χ0) is 21.0. The van der Waals surface area contributed by atoms with E-state index >= 15 is 0 Å². The van der Waals surface area contributed by atoms with Crippen LogP contribution in [0.25, 0.3) is 0 Å². The van der Waals surface area contributed by atoms with Gasteiger partial charge in [0.05, 0.1) is 0 Å². The number of benzene rings is 3. The van der Waals surface area contributed by atoms with Crippen molar-refractivity contribution in [3.8, 4) is 0 Å². The average molecular weight is 426 g/mol. The molecule has 0 radical (unpaired) electrons. The summed E-state index contributed by atoms with van der Waals surface area (Å²) in [4.78, 5) is 9.54. The lowest BCUT2D eigenvalue weighted by molar-refractivity contribution is 1.12. The summed E-state index contributed by atoms with van der Waals surface area (Å²) in [7, 11) is -4.60. The molecule has 5 heteroatoms. The van der Waals surface area contributed by atoms with Crippen LogP contribution in [0.3, 0.4) is 0 Å². The van der Waals surface area contributed by atoms with Gasteiger partial charge in [0.2, 0.25) is 14.2 Å². The fraction of sp³-hybridized carbons (Fsp3) is 0.120. The van der Waals surface area contributed by atoms with Crippen molar-refractivity contribution in [1.29, 1.82) is 0 Å². The SMILES string of the molecule is C[Si](C)(C)N(c1ncccn1)[Si](c1ccccc1)(c1ccccc1)c1ccccc1. The summed E-state index contributed by atoms with van der Waals surface area (Å²) < 4.78 is 2.62. The van der Waals surface area contributed by atoms with Crippen molar-refractivity contribution in [1.82, 2.24) is 9.97 Å². The summed E-state index contributed by atoms with van der Waals surface area (Å²) in [6, 6.07) is 34.8. The smallest absolute Gasteiger partial charge is 0.247 e. The van der Waals surface area contributed by atoms with Crippen LogP contribution in [0, 0.1) is 0 Å². The van der Waals surface area contributed by atoms with Crippen LogP contribution in [-0.2, 0) is 0 Å². The molecule has 0 atom stereocenters. The minimum Gasteiger partial charge on any atom is -0.383 e. The van der Waals surface area contributed by atoms with Gasteiger partial charge >= 0.3 is 0 Å². The van der Waals surface area contributed by atoms with Crippen molar-refractivity contribution in [2.45, 2.75) is 19.6 Å². The molecule has 3 aromatic carbocycles. The first-order valence-corrected chi connectivity index (χ1v) is 15.7. The molecule has 150 valence electrons. The van der Waals surface area contributed by atoms with Crippen LogP contribution < -0.4 is 19.8 Å². The molecule has 0 saturated heterocycles. The second-order valence-electron chi connectivity index (χ2n) is 8.36. The van der Waals surface area contributed by atoms with Crippen LogP contribution >= 0.6 is 0 Å². The van der Waals surface area contributed by atoms with Gasteiger partial charge in [0, 0.05) is 12.4 Å². The fourth-order valence-electron chi connectivity index (χ4n) is 4.29. The van der Waals surface area contributed by atoms with Crippen molar-refractivity contribution in [3.05, 3.63) is 109 Å². The number of nitrogens with zero attached hydrogens (tertiary/aromatic N) is 3. The Morgan fingerprint density at radius 1 is 0.533 bits per heavy atom. The van der Waals surface area contributed by atoms with Crippen LogP contribution in [0.1, 0.15) is 0 Å². The van der Waals surface area contributed by atoms with Crippen LogP contribution in [0.2, 0.25) is 19.6 Å². The predicted molar refractivity (Wildman–Crippen MR) is 132 cm³/mol. The molecule has 4 aromatic rings. The van der Waals surface area contributed by atoms with E-state index in [1.165, 1.54) is 15.6 Å². The molecule has 3 nitrogen and oxygen atoms in total. The Bertz CT molecular complexity index is 970. The molecule has 1 heterocycles. The van der Waals surface area contributed by atoms with Crippen molar-refractivity contribution >= 4 is 38.0 Å². The lowest BCUT2D eigenvalue weighted by Crippen LogP contribution is -2.82. The first-order valence-electron chi connectivity index (χ1n) is 10.3. The molecule has 0 N–H and O–H groups in total. The molecular weight excluding hydrogens is 398 g/mol. The first kappa shape index (κ1) is 20.3. The van der Waals surface area contributed by atoms with E-state index in [-0.39, 0.29) is 0 Å². The third-order valence-electron chi connectivity index (χ3n) is 5.33. The molecule has 0 aliphatic rings. The summed E-state index contributed by atoms with van der Waals surface area (Å²) in [6.45, 7) is 7.17. The van der Waals surface area contributed by atoms with Gasteiger partial charge in [-0.3, -0.25) is 0 Å². The summed E-state index contributed by atoms with van der Waals surface area (Å²) in [5, 5.41) is 4.03. The van der Waals surface area contributed by atoms with E-state index in [2.05, 4.69) is 115 Å². The van der Waals surface area contributed by atoms with Crippen LogP contribution in [-0.4, -0.2) is 26.4 Å². The molecule has 0 saturated carbocycles. The zero-order valence-corrected chi connectivity index (χ0v) is 19.7. The van der Waals surface area contributed by atoms with Crippen molar-refractivity contribution < 1.29 is 0 Å². The van der Waals surface area contributed by atoms with Crippen LogP contribution in [0.4, 0.5) is 5.95 Å². The lowest BCUT2D eigenvalue weighted by Gasteiger charge is -2.49. The molecule has 0 unspecified atom stereocenters.